The van der Waals surface area contributed by atoms with Crippen molar-refractivity contribution in [2.24, 2.45) is 0 Å². The van der Waals surface area contributed by atoms with Gasteiger partial charge in [0.1, 0.15) is 19.0 Å². The first-order valence-electron chi connectivity index (χ1n) is 7.95. The molecule has 0 atom stereocenters. The smallest absolute Gasteiger partial charge is 0.161 e. The van der Waals surface area contributed by atoms with Gasteiger partial charge in [-0.05, 0) is 56.3 Å². The average Bonchev–Trinajstić information content (AvgIpc) is 2.54. The summed E-state index contributed by atoms with van der Waals surface area (Å²) < 4.78 is 17.2. The van der Waals surface area contributed by atoms with E-state index < -0.39 is 0 Å². The molecule has 0 amide bonds. The van der Waals surface area contributed by atoms with Crippen LogP contribution in [0.2, 0.25) is 0 Å². The number of rotatable bonds is 9. The van der Waals surface area contributed by atoms with Crippen LogP contribution in [0.5, 0.6) is 17.2 Å². The third-order valence-electron chi connectivity index (χ3n) is 3.29. The van der Waals surface area contributed by atoms with Crippen LogP contribution in [-0.2, 0) is 6.54 Å². The highest BCUT2D eigenvalue weighted by atomic mass is 16.5. The van der Waals surface area contributed by atoms with Crippen LogP contribution in [0, 0.1) is 6.92 Å². The second-order valence-corrected chi connectivity index (χ2v) is 5.26. The first kappa shape index (κ1) is 17.2. The lowest BCUT2D eigenvalue weighted by Gasteiger charge is -2.14. The largest absolute Gasteiger partial charge is 0.490 e. The van der Waals surface area contributed by atoms with Gasteiger partial charge in [0.05, 0.1) is 6.61 Å². The molecule has 0 unspecified atom stereocenters. The second kappa shape index (κ2) is 9.06. The van der Waals surface area contributed by atoms with E-state index in [-0.39, 0.29) is 0 Å². The molecule has 0 heterocycles. The minimum absolute atomic E-state index is 0.472. The molecule has 0 aliphatic rings. The Kier molecular flexibility index (Phi) is 6.76. The van der Waals surface area contributed by atoms with Crippen molar-refractivity contribution in [2.75, 3.05) is 26.9 Å². The Morgan fingerprint density at radius 2 is 1.74 bits per heavy atom. The predicted octanol–water partition coefficient (Wildman–Crippen LogP) is 3.57. The van der Waals surface area contributed by atoms with Crippen molar-refractivity contribution in [2.45, 2.75) is 20.4 Å². The summed E-state index contributed by atoms with van der Waals surface area (Å²) in [4.78, 5) is 0. The molecular weight excluding hydrogens is 290 g/mol. The van der Waals surface area contributed by atoms with E-state index in [0.717, 1.165) is 23.8 Å². The van der Waals surface area contributed by atoms with Crippen LogP contribution in [0.15, 0.2) is 42.5 Å². The lowest BCUT2D eigenvalue weighted by atomic mass is 10.2. The Labute approximate surface area is 138 Å². The summed E-state index contributed by atoms with van der Waals surface area (Å²) in [6, 6.07) is 14.0. The zero-order valence-corrected chi connectivity index (χ0v) is 14.1. The maximum absolute atomic E-state index is 5.80. The van der Waals surface area contributed by atoms with Crippen LogP contribution >= 0.6 is 0 Å². The first-order valence-corrected chi connectivity index (χ1v) is 7.95. The van der Waals surface area contributed by atoms with E-state index in [1.807, 2.05) is 63.4 Å². The molecule has 124 valence electrons. The molecule has 0 saturated carbocycles. The predicted molar refractivity (Wildman–Crippen MR) is 92.5 cm³/mol. The molecule has 2 aromatic carbocycles. The van der Waals surface area contributed by atoms with Gasteiger partial charge in [0.15, 0.2) is 11.5 Å². The molecule has 2 rings (SSSR count). The quantitative estimate of drug-likeness (QED) is 0.718. The highest BCUT2D eigenvalue weighted by Crippen LogP contribution is 2.28. The van der Waals surface area contributed by atoms with Gasteiger partial charge in [-0.25, -0.2) is 0 Å². The lowest BCUT2D eigenvalue weighted by Crippen LogP contribution is -2.10. The fourth-order valence-corrected chi connectivity index (χ4v) is 2.27. The maximum Gasteiger partial charge on any atom is 0.161 e. The van der Waals surface area contributed by atoms with Crippen molar-refractivity contribution in [1.29, 1.82) is 0 Å². The van der Waals surface area contributed by atoms with Gasteiger partial charge < -0.3 is 19.5 Å². The van der Waals surface area contributed by atoms with E-state index in [1.54, 1.807) is 0 Å². The lowest BCUT2D eigenvalue weighted by molar-refractivity contribution is 0.208. The number of aryl methyl sites for hydroxylation is 1. The van der Waals surface area contributed by atoms with Crippen molar-refractivity contribution < 1.29 is 14.2 Å². The van der Waals surface area contributed by atoms with Crippen molar-refractivity contribution in [3.8, 4) is 17.2 Å². The highest BCUT2D eigenvalue weighted by Gasteiger charge is 2.06. The summed E-state index contributed by atoms with van der Waals surface area (Å²) in [6.07, 6.45) is 0. The number of nitrogens with one attached hydrogen (secondary N) is 1. The first-order chi connectivity index (χ1) is 11.2. The molecule has 0 aromatic heterocycles. The number of ether oxygens (including phenoxy) is 3. The van der Waals surface area contributed by atoms with E-state index in [0.29, 0.717) is 19.8 Å². The summed E-state index contributed by atoms with van der Waals surface area (Å²) >= 11 is 0. The maximum atomic E-state index is 5.80. The van der Waals surface area contributed by atoms with Gasteiger partial charge >= 0.3 is 0 Å². The SMILES string of the molecule is CCOc1cc(CNC)ccc1OCCOc1cccc(C)c1. The molecule has 4 nitrogen and oxygen atoms in total. The van der Waals surface area contributed by atoms with Crippen LogP contribution < -0.4 is 19.5 Å². The van der Waals surface area contributed by atoms with Crippen LogP contribution in [0.3, 0.4) is 0 Å². The number of benzene rings is 2. The van der Waals surface area contributed by atoms with Crippen molar-refractivity contribution >= 4 is 0 Å². The van der Waals surface area contributed by atoms with E-state index in [9.17, 15) is 0 Å². The minimum Gasteiger partial charge on any atom is -0.490 e. The molecule has 0 spiro atoms. The number of hydrogen-bond acceptors (Lipinski definition) is 4. The van der Waals surface area contributed by atoms with E-state index in [1.165, 1.54) is 11.1 Å². The van der Waals surface area contributed by atoms with Crippen molar-refractivity contribution in [3.05, 3.63) is 53.6 Å². The van der Waals surface area contributed by atoms with Crippen LogP contribution in [0.4, 0.5) is 0 Å². The molecule has 2 aromatic rings. The second-order valence-electron chi connectivity index (χ2n) is 5.26. The van der Waals surface area contributed by atoms with E-state index in [2.05, 4.69) is 5.32 Å². The Morgan fingerprint density at radius 3 is 2.48 bits per heavy atom. The van der Waals surface area contributed by atoms with Crippen molar-refractivity contribution in [3.63, 3.8) is 0 Å². The molecule has 0 saturated heterocycles. The highest BCUT2D eigenvalue weighted by molar-refractivity contribution is 5.43. The molecular formula is C19H25NO3. The van der Waals surface area contributed by atoms with Crippen LogP contribution in [0.1, 0.15) is 18.1 Å². The average molecular weight is 315 g/mol. The van der Waals surface area contributed by atoms with Gasteiger partial charge in [0.25, 0.3) is 0 Å². The van der Waals surface area contributed by atoms with Gasteiger partial charge in [0.2, 0.25) is 0 Å². The van der Waals surface area contributed by atoms with Crippen LogP contribution in [0.25, 0.3) is 0 Å². The molecule has 1 N–H and O–H groups in total. The fourth-order valence-electron chi connectivity index (χ4n) is 2.27. The monoisotopic (exact) mass is 315 g/mol. The minimum atomic E-state index is 0.472. The fraction of sp³-hybridized carbons (Fsp3) is 0.368. The summed E-state index contributed by atoms with van der Waals surface area (Å²) in [5.74, 6) is 2.39. The third kappa shape index (κ3) is 5.49. The summed E-state index contributed by atoms with van der Waals surface area (Å²) in [5, 5.41) is 3.13. The molecule has 0 fully saturated rings. The number of hydrogen-bond donors (Lipinski definition) is 1. The molecule has 0 aliphatic heterocycles. The Morgan fingerprint density at radius 1 is 0.913 bits per heavy atom. The van der Waals surface area contributed by atoms with Gasteiger partial charge in [-0.2, -0.15) is 0 Å². The van der Waals surface area contributed by atoms with Gasteiger partial charge in [-0.1, -0.05) is 18.2 Å². The Bertz CT molecular complexity index is 613. The Hall–Kier alpha value is -2.20. The van der Waals surface area contributed by atoms with E-state index >= 15 is 0 Å². The van der Waals surface area contributed by atoms with Gasteiger partial charge in [-0.3, -0.25) is 0 Å². The molecule has 0 radical (unpaired) electrons. The summed E-state index contributed by atoms with van der Waals surface area (Å²) in [6.45, 7) is 6.39. The molecule has 0 bridgehead atoms. The Balaban J connectivity index is 1.89. The third-order valence-corrected chi connectivity index (χ3v) is 3.29. The topological polar surface area (TPSA) is 39.7 Å². The molecule has 4 heteroatoms. The van der Waals surface area contributed by atoms with Gasteiger partial charge in [0, 0.05) is 6.54 Å². The van der Waals surface area contributed by atoms with Crippen LogP contribution in [-0.4, -0.2) is 26.9 Å². The normalized spacial score (nSPS) is 10.4. The summed E-state index contributed by atoms with van der Waals surface area (Å²) in [5.41, 5.74) is 2.35. The summed E-state index contributed by atoms with van der Waals surface area (Å²) in [7, 11) is 1.92. The van der Waals surface area contributed by atoms with Gasteiger partial charge in [-0.15, -0.1) is 0 Å². The zero-order valence-electron chi connectivity index (χ0n) is 14.1. The molecule has 23 heavy (non-hydrogen) atoms. The molecule has 0 aliphatic carbocycles. The van der Waals surface area contributed by atoms with Crippen molar-refractivity contribution in [1.82, 2.24) is 5.32 Å². The zero-order chi connectivity index (χ0) is 16.5. The van der Waals surface area contributed by atoms with E-state index in [4.69, 9.17) is 14.2 Å². The standard InChI is InChI=1S/C19H25NO3/c1-4-21-19-13-16(14-20-3)8-9-18(19)23-11-10-22-17-7-5-6-15(2)12-17/h5-9,12-13,20H,4,10-11,14H2,1-3H3.